The third-order valence-electron chi connectivity index (χ3n) is 11.0. The molecule has 1 fully saturated rings. The molecule has 442 valence electrons. The van der Waals surface area contributed by atoms with Gasteiger partial charge in [0.05, 0.1) is 171 Å². The molecule has 2 aliphatic heterocycles. The molecule has 1 saturated heterocycles. The maximum absolute atomic E-state index is 12.3. The Labute approximate surface area is 451 Å². The Balaban J connectivity index is 0.932. The van der Waals surface area contributed by atoms with Crippen LogP contribution in [0.5, 0.6) is 5.75 Å². The molecule has 0 bridgehead atoms. The Bertz CT molecular complexity index is 1740. The third-order valence-corrected chi connectivity index (χ3v) is 11.7. The Morgan fingerprint density at radius 3 is 1.36 bits per heavy atom. The monoisotopic (exact) mass is 1130 g/mol. The maximum atomic E-state index is 12.3. The third kappa shape index (κ3) is 34.2. The van der Waals surface area contributed by atoms with Crippen LogP contribution in [0.2, 0.25) is 0 Å². The van der Waals surface area contributed by atoms with Crippen molar-refractivity contribution in [1.82, 2.24) is 10.2 Å². The van der Waals surface area contributed by atoms with Crippen LogP contribution in [-0.2, 0) is 85.3 Å². The number of rotatable bonds is 51. The van der Waals surface area contributed by atoms with Gasteiger partial charge in [0.2, 0.25) is 18.1 Å². The van der Waals surface area contributed by atoms with Gasteiger partial charge in [-0.3, -0.25) is 28.6 Å². The number of nitrogens with one attached hydrogen (secondary N) is 2. The fourth-order valence-electron chi connectivity index (χ4n) is 6.91. The van der Waals surface area contributed by atoms with Crippen LogP contribution >= 0.6 is 8.03 Å². The predicted octanol–water partition coefficient (Wildman–Crippen LogP) is -0.140. The number of aliphatic hydroxyl groups is 3. The summed E-state index contributed by atoms with van der Waals surface area (Å²) in [6.45, 7) is 10.7. The van der Waals surface area contributed by atoms with Crippen molar-refractivity contribution in [3.8, 4) is 5.75 Å². The van der Waals surface area contributed by atoms with Crippen LogP contribution in [-0.4, -0.2) is 257 Å². The molecule has 0 aromatic heterocycles. The van der Waals surface area contributed by atoms with Crippen molar-refractivity contribution in [2.45, 2.75) is 69.2 Å². The molecule has 77 heavy (non-hydrogen) atoms. The van der Waals surface area contributed by atoms with E-state index in [-0.39, 0.29) is 55.0 Å². The molecule has 26 nitrogen and oxygen atoms in total. The molecule has 4 amide bonds. The minimum atomic E-state index is -2.80. The average Bonchev–Trinajstić information content (AvgIpc) is 3.74. The van der Waals surface area contributed by atoms with Crippen molar-refractivity contribution in [2.24, 2.45) is 0 Å². The van der Waals surface area contributed by atoms with Gasteiger partial charge in [-0.05, 0) is 43.5 Å². The molecule has 0 radical (unpaired) electrons. The average molecular weight is 1130 g/mol. The summed E-state index contributed by atoms with van der Waals surface area (Å²) in [4.78, 5) is 57.6. The zero-order chi connectivity index (χ0) is 55.4. The minimum absolute atomic E-state index is 0.000167. The summed E-state index contributed by atoms with van der Waals surface area (Å²) in [5.74, 6) is -0.618. The Hall–Kier alpha value is -3.61. The summed E-state index contributed by atoms with van der Waals surface area (Å²) in [7, 11) is -2.80. The number of benzene rings is 1. The lowest BCUT2D eigenvalue weighted by atomic mass is 9.97. The van der Waals surface area contributed by atoms with Gasteiger partial charge in [-0.1, -0.05) is 6.42 Å². The molecule has 0 aliphatic carbocycles. The van der Waals surface area contributed by atoms with Crippen molar-refractivity contribution < 1.29 is 110 Å². The number of unbranched alkanes of at least 4 members (excludes halogenated alkanes) is 2. The molecule has 0 spiro atoms. The highest BCUT2D eigenvalue weighted by molar-refractivity contribution is 7.37. The largest absolute Gasteiger partial charge is 0.462 e. The number of nitrogens with zero attached hydrogens (tertiary/aromatic N) is 1. The van der Waals surface area contributed by atoms with E-state index in [2.05, 4.69) is 10.6 Å². The zero-order valence-electron chi connectivity index (χ0n) is 44.2. The van der Waals surface area contributed by atoms with Crippen LogP contribution in [0.25, 0.3) is 0 Å². The number of carbonyl (C=O) groups is 4. The molecule has 3 rings (SSSR count). The summed E-state index contributed by atoms with van der Waals surface area (Å²) in [5, 5.41) is 36.2. The first-order chi connectivity index (χ1) is 37.5. The van der Waals surface area contributed by atoms with Gasteiger partial charge in [-0.2, -0.15) is 0 Å². The molecule has 1 aromatic carbocycles. The summed E-state index contributed by atoms with van der Waals surface area (Å²) >= 11 is 0. The molecule has 1 unspecified atom stereocenters. The van der Waals surface area contributed by atoms with Gasteiger partial charge < -0.3 is 97.2 Å². The zero-order valence-corrected chi connectivity index (χ0v) is 45.2. The standard InChI is InChI=1S/C50H84N3O23P/c54-43(4-2-1-3-14-53-45(56)9-10-46(53)57)51-13-16-64-18-20-66-22-24-68-26-28-70-30-32-72-34-36-74-38-37-73-35-33-71-31-29-69-27-25-67-23-21-65-19-17-63-15-11-44(55)52-40-5-7-41(8-6-40)75-50-49(60)48(59)47(58)42(76-50)12-39-77(61)62/h5-10,42,47-50,58-60,77H,1-4,11-39H2,(H,51,54)(H,52,55)(H,61,62)/t42-,47-,48+,49+,50+/m1/s1. The lowest BCUT2D eigenvalue weighted by molar-refractivity contribution is -0.272. The van der Waals surface area contributed by atoms with Gasteiger partial charge in [0, 0.05) is 43.5 Å². The first kappa shape index (κ1) is 67.7. The van der Waals surface area contributed by atoms with Crippen LogP contribution in [0, 0.1) is 0 Å². The molecule has 6 atom stereocenters. The number of imide groups is 1. The smallest absolute Gasteiger partial charge is 0.253 e. The van der Waals surface area contributed by atoms with Gasteiger partial charge in [0.25, 0.3) is 11.8 Å². The van der Waals surface area contributed by atoms with E-state index in [0.717, 1.165) is 6.42 Å². The lowest BCUT2D eigenvalue weighted by Gasteiger charge is -2.40. The number of amides is 4. The molecule has 2 aliphatic rings. The highest BCUT2D eigenvalue weighted by atomic mass is 31.1. The van der Waals surface area contributed by atoms with E-state index < -0.39 is 38.7 Å². The van der Waals surface area contributed by atoms with Gasteiger partial charge in [-0.25, -0.2) is 0 Å². The van der Waals surface area contributed by atoms with Crippen molar-refractivity contribution >= 4 is 37.3 Å². The highest BCUT2D eigenvalue weighted by Crippen LogP contribution is 2.28. The van der Waals surface area contributed by atoms with Crippen LogP contribution < -0.4 is 15.4 Å². The first-order valence-electron chi connectivity index (χ1n) is 26.3. The van der Waals surface area contributed by atoms with Gasteiger partial charge in [0.1, 0.15) is 24.1 Å². The summed E-state index contributed by atoms with van der Waals surface area (Å²) < 4.78 is 88.2. The van der Waals surface area contributed by atoms with Crippen molar-refractivity contribution in [1.29, 1.82) is 0 Å². The van der Waals surface area contributed by atoms with Gasteiger partial charge >= 0.3 is 0 Å². The first-order valence-corrected chi connectivity index (χ1v) is 27.8. The fraction of sp³-hybridized carbons (Fsp3) is 0.760. The molecular weight excluding hydrogens is 1040 g/mol. The molecule has 6 N–H and O–H groups in total. The van der Waals surface area contributed by atoms with E-state index >= 15 is 0 Å². The predicted molar refractivity (Wildman–Crippen MR) is 275 cm³/mol. The Morgan fingerprint density at radius 2 is 0.935 bits per heavy atom. The van der Waals surface area contributed by atoms with Crippen LogP contribution in [0.3, 0.4) is 0 Å². The number of hydrogen-bond donors (Lipinski definition) is 6. The number of carbonyl (C=O) groups excluding carboxylic acids is 4. The highest BCUT2D eigenvalue weighted by Gasteiger charge is 2.44. The summed E-state index contributed by atoms with van der Waals surface area (Å²) in [6.07, 6.45) is -1.85. The lowest BCUT2D eigenvalue weighted by Crippen LogP contribution is -2.59. The van der Waals surface area contributed by atoms with Crippen LogP contribution in [0.1, 0.15) is 38.5 Å². The van der Waals surface area contributed by atoms with Gasteiger partial charge in [0.15, 0.2) is 8.03 Å². The number of hydrogen-bond acceptors (Lipinski definition) is 22. The Kier molecular flexibility index (Phi) is 39.7. The number of anilines is 1. The topological polar surface area (TPSA) is 323 Å². The van der Waals surface area contributed by atoms with E-state index in [4.69, 9.17) is 71.2 Å². The molecule has 2 heterocycles. The Morgan fingerprint density at radius 1 is 0.519 bits per heavy atom. The second-order valence-electron chi connectivity index (χ2n) is 17.1. The van der Waals surface area contributed by atoms with Gasteiger partial charge in [-0.15, -0.1) is 0 Å². The fourth-order valence-corrected chi connectivity index (χ4v) is 7.44. The molecular formula is C50H84N3O23P. The second kappa shape index (κ2) is 45.2. The molecule has 1 aromatic rings. The van der Waals surface area contributed by atoms with Crippen molar-refractivity contribution in [3.05, 3.63) is 36.4 Å². The van der Waals surface area contributed by atoms with E-state index in [9.17, 15) is 39.1 Å². The van der Waals surface area contributed by atoms with E-state index in [1.165, 1.54) is 29.2 Å². The maximum Gasteiger partial charge on any atom is 0.253 e. The van der Waals surface area contributed by atoms with E-state index in [1.54, 1.807) is 12.1 Å². The normalized spacial score (nSPS) is 18.8. The number of ether oxygens (including phenoxy) is 14. The van der Waals surface area contributed by atoms with Crippen molar-refractivity contribution in [2.75, 3.05) is 183 Å². The van der Waals surface area contributed by atoms with Crippen molar-refractivity contribution in [3.63, 3.8) is 0 Å². The molecule has 27 heteroatoms. The van der Waals surface area contributed by atoms with Crippen LogP contribution in [0.4, 0.5) is 5.69 Å². The SMILES string of the molecule is O=C(CCCCCN1C(=O)C=CC1=O)NCCOCCOCCOCCOCCOCCOCCOCCOCCOCCOCCOCCOCCC(=O)Nc1ccc(O[C@H]2O[C@H](CC[PH](=O)O)[C@@H](O)[C@H](O)[C@@H]2O)cc1. The number of aliphatic hydroxyl groups excluding tert-OH is 3. The van der Waals surface area contributed by atoms with Crippen LogP contribution in [0.15, 0.2) is 36.4 Å². The minimum Gasteiger partial charge on any atom is -0.462 e. The second-order valence-corrected chi connectivity index (χ2v) is 18.3. The van der Waals surface area contributed by atoms with E-state index in [0.29, 0.717) is 190 Å². The molecule has 0 saturated carbocycles. The van der Waals surface area contributed by atoms with E-state index in [1.807, 2.05) is 0 Å². The quantitative estimate of drug-likeness (QED) is 0.0281. The summed E-state index contributed by atoms with van der Waals surface area (Å²) in [6, 6.07) is 6.23. The summed E-state index contributed by atoms with van der Waals surface area (Å²) in [5.41, 5.74) is 0.491.